The van der Waals surface area contributed by atoms with E-state index in [1.807, 2.05) is 18.2 Å². The van der Waals surface area contributed by atoms with Crippen LogP contribution in [0.2, 0.25) is 0 Å². The number of hydrogen-bond donors (Lipinski definition) is 0. The van der Waals surface area contributed by atoms with E-state index >= 15 is 0 Å². The molecule has 0 fully saturated rings. The van der Waals surface area contributed by atoms with Crippen molar-refractivity contribution < 1.29 is 17.5 Å². The van der Waals surface area contributed by atoms with Crippen molar-refractivity contribution in [3.8, 4) is 5.75 Å². The van der Waals surface area contributed by atoms with Gasteiger partial charge in [-0.25, -0.2) is 9.38 Å². The van der Waals surface area contributed by atoms with Crippen LogP contribution in [-0.4, -0.2) is 22.7 Å². The lowest BCUT2D eigenvalue weighted by atomic mass is 10.2. The minimum atomic E-state index is -4.38. The number of nitrogens with zero attached hydrogens (tertiary/aromatic N) is 3. The summed E-state index contributed by atoms with van der Waals surface area (Å²) in [5, 5.41) is 11.0. The Labute approximate surface area is 204 Å². The predicted molar refractivity (Wildman–Crippen MR) is 131 cm³/mol. The van der Waals surface area contributed by atoms with Crippen molar-refractivity contribution in [2.24, 2.45) is 0 Å². The van der Waals surface area contributed by atoms with Gasteiger partial charge in [0.25, 0.3) is 11.2 Å². The number of nitro benzene ring substituents is 1. The molecular weight excluding hydrogens is 546 g/mol. The molecule has 5 aromatic rings. The summed E-state index contributed by atoms with van der Waals surface area (Å²) in [7, 11) is -4.38. The molecule has 12 heteroatoms. The van der Waals surface area contributed by atoms with Gasteiger partial charge in [-0.1, -0.05) is 45.5 Å². The smallest absolute Gasteiger partial charge is 0.339 e. The lowest BCUT2D eigenvalue weighted by molar-refractivity contribution is -0.385. The van der Waals surface area contributed by atoms with Crippen LogP contribution in [0.5, 0.6) is 5.75 Å². The van der Waals surface area contributed by atoms with Crippen LogP contribution in [-0.2, 0) is 10.1 Å². The first-order chi connectivity index (χ1) is 16.2. The minimum absolute atomic E-state index is 0.0370. The zero-order valence-electron chi connectivity index (χ0n) is 16.9. The molecule has 3 aromatic carbocycles. The van der Waals surface area contributed by atoms with Crippen molar-refractivity contribution in [1.82, 2.24) is 9.38 Å². The van der Waals surface area contributed by atoms with Crippen molar-refractivity contribution in [2.75, 3.05) is 0 Å². The number of fused-ring (bicyclic) bond motifs is 3. The SMILES string of the molecule is O=c1/c(=C\c2cc(Br)ccc2OS(=O)(=O)c2cccc([N+](=O)[O-])c2)sc2nc3ccccc3n12. The first-order valence-electron chi connectivity index (χ1n) is 9.63. The van der Waals surface area contributed by atoms with Crippen LogP contribution in [0.3, 0.4) is 0 Å². The Kier molecular flexibility index (Phi) is 5.42. The molecule has 0 aliphatic carbocycles. The van der Waals surface area contributed by atoms with E-state index < -0.39 is 15.0 Å². The van der Waals surface area contributed by atoms with Crippen molar-refractivity contribution in [1.29, 1.82) is 0 Å². The van der Waals surface area contributed by atoms with Crippen LogP contribution in [0.1, 0.15) is 5.56 Å². The molecule has 0 spiro atoms. The lowest BCUT2D eigenvalue weighted by Crippen LogP contribution is -2.22. The third-order valence-corrected chi connectivity index (χ3v) is 7.61. The lowest BCUT2D eigenvalue weighted by Gasteiger charge is -2.10. The third-order valence-electron chi connectivity index (χ3n) is 4.92. The third kappa shape index (κ3) is 3.95. The topological polar surface area (TPSA) is 121 Å². The van der Waals surface area contributed by atoms with E-state index in [2.05, 4.69) is 20.9 Å². The van der Waals surface area contributed by atoms with Crippen LogP contribution in [0, 0.1) is 10.1 Å². The number of thiazole rings is 1. The van der Waals surface area contributed by atoms with Gasteiger partial charge in [0.15, 0.2) is 4.96 Å². The Balaban J connectivity index is 1.61. The molecule has 0 unspecified atom stereocenters. The van der Waals surface area contributed by atoms with E-state index in [0.717, 1.165) is 6.07 Å². The summed E-state index contributed by atoms with van der Waals surface area (Å²) in [6.07, 6.45) is 1.53. The fourth-order valence-corrected chi connectivity index (χ4v) is 5.73. The number of rotatable bonds is 5. The molecule has 0 saturated carbocycles. The number of aromatic nitrogens is 2. The van der Waals surface area contributed by atoms with Crippen molar-refractivity contribution >= 4 is 65.1 Å². The van der Waals surface area contributed by atoms with E-state index in [1.165, 1.54) is 46.1 Å². The average molecular weight is 558 g/mol. The predicted octanol–water partition coefficient (Wildman–Crippen LogP) is 3.90. The zero-order valence-corrected chi connectivity index (χ0v) is 20.1. The number of imidazole rings is 1. The zero-order chi connectivity index (χ0) is 24.0. The Hall–Kier alpha value is -3.61. The summed E-state index contributed by atoms with van der Waals surface area (Å²) in [6, 6.07) is 16.5. The van der Waals surface area contributed by atoms with Gasteiger partial charge in [0.1, 0.15) is 10.6 Å². The quantitative estimate of drug-likeness (QED) is 0.182. The monoisotopic (exact) mass is 557 g/mol. The molecule has 0 radical (unpaired) electrons. The molecule has 170 valence electrons. The fraction of sp³-hybridized carbons (Fsp3) is 0. The molecule has 0 N–H and O–H groups in total. The average Bonchev–Trinajstić information content (AvgIpc) is 3.31. The summed E-state index contributed by atoms with van der Waals surface area (Å²) in [5.41, 5.74) is 1.04. The van der Waals surface area contributed by atoms with Gasteiger partial charge in [-0.15, -0.1) is 0 Å². The van der Waals surface area contributed by atoms with E-state index in [4.69, 9.17) is 4.18 Å². The van der Waals surface area contributed by atoms with Crippen LogP contribution in [0.25, 0.3) is 22.1 Å². The standard InChI is InChI=1S/C22H12BrN3O6S2/c23-14-8-9-19(32-34(30,31)16-5-3-4-15(12-16)26(28)29)13(10-14)11-20-21(27)25-18-7-2-1-6-17(18)24-22(25)33-20/h1-12H/b20-11+. The summed E-state index contributed by atoms with van der Waals surface area (Å²) < 4.78 is 33.5. The molecule has 2 aromatic heterocycles. The second-order valence-corrected chi connectivity index (χ2v) is 10.6. The molecule has 0 atom stereocenters. The van der Waals surface area contributed by atoms with Crippen LogP contribution in [0.15, 0.2) is 80.9 Å². The maximum Gasteiger partial charge on any atom is 0.339 e. The van der Waals surface area contributed by atoms with Gasteiger partial charge >= 0.3 is 10.1 Å². The highest BCUT2D eigenvalue weighted by atomic mass is 79.9. The van der Waals surface area contributed by atoms with E-state index in [9.17, 15) is 23.3 Å². The van der Waals surface area contributed by atoms with Gasteiger partial charge < -0.3 is 4.18 Å². The van der Waals surface area contributed by atoms with E-state index in [-0.39, 0.29) is 21.9 Å². The summed E-state index contributed by atoms with van der Waals surface area (Å²) in [4.78, 5) is 28.0. The Morgan fingerprint density at radius 3 is 2.68 bits per heavy atom. The summed E-state index contributed by atoms with van der Waals surface area (Å²) >= 11 is 4.51. The fourth-order valence-electron chi connectivity index (χ4n) is 3.38. The number of para-hydroxylation sites is 2. The molecule has 5 rings (SSSR count). The maximum absolute atomic E-state index is 13.1. The van der Waals surface area contributed by atoms with Gasteiger partial charge in [0.2, 0.25) is 0 Å². The normalized spacial score (nSPS) is 12.4. The van der Waals surface area contributed by atoms with Gasteiger partial charge in [0, 0.05) is 22.2 Å². The first-order valence-corrected chi connectivity index (χ1v) is 12.6. The second kappa shape index (κ2) is 8.31. The maximum atomic E-state index is 13.1. The number of benzene rings is 3. The molecule has 0 saturated heterocycles. The molecule has 9 nitrogen and oxygen atoms in total. The second-order valence-electron chi connectivity index (χ2n) is 7.11. The minimum Gasteiger partial charge on any atom is -0.378 e. The number of non-ortho nitro benzene ring substituents is 1. The molecular formula is C22H12BrN3O6S2. The Morgan fingerprint density at radius 2 is 1.88 bits per heavy atom. The van der Waals surface area contributed by atoms with Crippen LogP contribution >= 0.6 is 27.3 Å². The highest BCUT2D eigenvalue weighted by Gasteiger charge is 2.21. The highest BCUT2D eigenvalue weighted by molar-refractivity contribution is 9.10. The highest BCUT2D eigenvalue weighted by Crippen LogP contribution is 2.28. The summed E-state index contributed by atoms with van der Waals surface area (Å²) in [6.45, 7) is 0. The largest absolute Gasteiger partial charge is 0.378 e. The first kappa shape index (κ1) is 22.2. The van der Waals surface area contributed by atoms with Crippen molar-refractivity contribution in [3.63, 3.8) is 0 Å². The van der Waals surface area contributed by atoms with Gasteiger partial charge in [-0.05, 0) is 42.5 Å². The van der Waals surface area contributed by atoms with E-state index in [1.54, 1.807) is 18.2 Å². The van der Waals surface area contributed by atoms with Crippen molar-refractivity contribution in [2.45, 2.75) is 4.90 Å². The number of hydrogen-bond acceptors (Lipinski definition) is 8. The van der Waals surface area contributed by atoms with Crippen molar-refractivity contribution in [3.05, 3.63) is 102 Å². The Bertz CT molecular complexity index is 1830. The molecule has 0 bridgehead atoms. The van der Waals surface area contributed by atoms with Gasteiger partial charge in [0.05, 0.1) is 20.5 Å². The number of halogens is 1. The van der Waals surface area contributed by atoms with Gasteiger partial charge in [-0.3, -0.25) is 14.9 Å². The van der Waals surface area contributed by atoms with Crippen LogP contribution < -0.4 is 14.3 Å². The number of nitro groups is 1. The molecule has 2 heterocycles. The Morgan fingerprint density at radius 1 is 1.09 bits per heavy atom. The van der Waals surface area contributed by atoms with Gasteiger partial charge in [-0.2, -0.15) is 8.42 Å². The molecule has 0 aliphatic heterocycles. The summed E-state index contributed by atoms with van der Waals surface area (Å²) in [5.74, 6) is -0.0370. The van der Waals surface area contributed by atoms with Crippen LogP contribution in [0.4, 0.5) is 5.69 Å². The molecule has 0 amide bonds. The molecule has 0 aliphatic rings. The van der Waals surface area contributed by atoms with E-state index in [0.29, 0.717) is 30.6 Å². The molecule has 34 heavy (non-hydrogen) atoms.